The summed E-state index contributed by atoms with van der Waals surface area (Å²) in [6.45, 7) is 16.8. The van der Waals surface area contributed by atoms with Crippen LogP contribution >= 0.6 is 0 Å². The second-order valence-electron chi connectivity index (χ2n) is 16.4. The van der Waals surface area contributed by atoms with Gasteiger partial charge < -0.3 is 20.1 Å². The first-order valence-corrected chi connectivity index (χ1v) is 16.2. The fourth-order valence-electron chi connectivity index (χ4n) is 11.0. The molecular formula is C35H49N3O5. The van der Waals surface area contributed by atoms with Crippen LogP contribution in [0.4, 0.5) is 4.79 Å². The Labute approximate surface area is 256 Å². The summed E-state index contributed by atoms with van der Waals surface area (Å²) in [6.07, 6.45) is 8.82. The van der Waals surface area contributed by atoms with Crippen molar-refractivity contribution in [3.05, 3.63) is 23.3 Å². The maximum atomic E-state index is 14.6. The average Bonchev–Trinajstić information content (AvgIpc) is 2.96. The molecule has 0 aromatic heterocycles. The molecule has 3 saturated carbocycles. The van der Waals surface area contributed by atoms with E-state index in [2.05, 4.69) is 46.0 Å². The first-order valence-electron chi connectivity index (χ1n) is 16.2. The number of ether oxygens (including phenoxy) is 1. The molecule has 0 radical (unpaired) electrons. The zero-order valence-electron chi connectivity index (χ0n) is 27.1. The van der Waals surface area contributed by atoms with E-state index in [0.717, 1.165) is 37.7 Å². The van der Waals surface area contributed by atoms with Crippen molar-refractivity contribution in [2.45, 2.75) is 105 Å². The van der Waals surface area contributed by atoms with Gasteiger partial charge in [0.1, 0.15) is 11.7 Å². The van der Waals surface area contributed by atoms with E-state index in [1.165, 1.54) is 0 Å². The summed E-state index contributed by atoms with van der Waals surface area (Å²) in [4.78, 5) is 43.0. The standard InChI is InChI=1S/C35H49N3O5/c1-29(2)23-8-9-33(6)24(32(23,5)19-22(21-36)27(29)40)18-26(39)35(42)25-20-31(4,37-28(41)38-14-16-43-17-15-38)12-10-30(25,3)11-13-34(33,35)7/h18-19,23,25,42H,8-17,20H2,1-7H3,(H,37,41)/t23-,25+,30+,31-,32-,33+,34-,35+/m0/s1. The molecule has 8 atom stereocenters. The van der Waals surface area contributed by atoms with Crippen LogP contribution in [0.2, 0.25) is 0 Å². The lowest BCUT2D eigenvalue weighted by atomic mass is 9.33. The Morgan fingerprint density at radius 3 is 2.30 bits per heavy atom. The van der Waals surface area contributed by atoms with Crippen LogP contribution in [0, 0.1) is 50.2 Å². The molecule has 43 heavy (non-hydrogen) atoms. The van der Waals surface area contributed by atoms with Crippen molar-refractivity contribution in [1.82, 2.24) is 10.2 Å². The fraction of sp³-hybridized carbons (Fsp3) is 0.771. The van der Waals surface area contributed by atoms with Gasteiger partial charge in [0.15, 0.2) is 11.6 Å². The lowest BCUT2D eigenvalue weighted by Crippen LogP contribution is -2.74. The smallest absolute Gasteiger partial charge is 0.317 e. The molecule has 6 aliphatic rings. The Balaban J connectivity index is 1.42. The molecule has 4 fully saturated rings. The minimum atomic E-state index is -1.60. The minimum Gasteiger partial charge on any atom is -0.381 e. The molecule has 1 saturated heterocycles. The van der Waals surface area contributed by atoms with E-state index in [1.54, 1.807) is 11.0 Å². The predicted molar refractivity (Wildman–Crippen MR) is 162 cm³/mol. The summed E-state index contributed by atoms with van der Waals surface area (Å²) >= 11 is 0. The third kappa shape index (κ3) is 3.83. The Morgan fingerprint density at radius 1 is 1.00 bits per heavy atom. The van der Waals surface area contributed by atoms with Crippen LogP contribution in [-0.2, 0) is 14.3 Å². The van der Waals surface area contributed by atoms with Gasteiger partial charge in [-0.05, 0) is 80.3 Å². The molecule has 234 valence electrons. The van der Waals surface area contributed by atoms with Crippen molar-refractivity contribution >= 4 is 17.6 Å². The molecule has 0 unspecified atom stereocenters. The van der Waals surface area contributed by atoms with Crippen molar-refractivity contribution in [2.24, 2.45) is 38.9 Å². The fourth-order valence-corrected chi connectivity index (χ4v) is 11.0. The van der Waals surface area contributed by atoms with Crippen LogP contribution in [0.3, 0.4) is 0 Å². The molecule has 5 aliphatic carbocycles. The largest absolute Gasteiger partial charge is 0.381 e. The number of amides is 2. The van der Waals surface area contributed by atoms with E-state index in [9.17, 15) is 24.8 Å². The summed E-state index contributed by atoms with van der Waals surface area (Å²) in [7, 11) is 0. The van der Waals surface area contributed by atoms with Crippen LogP contribution in [0.1, 0.15) is 93.4 Å². The van der Waals surface area contributed by atoms with Crippen LogP contribution < -0.4 is 5.32 Å². The number of morpholine rings is 1. The van der Waals surface area contributed by atoms with E-state index in [-0.39, 0.29) is 40.4 Å². The number of fused-ring (bicyclic) bond motifs is 7. The van der Waals surface area contributed by atoms with Gasteiger partial charge in [-0.2, -0.15) is 5.26 Å². The summed E-state index contributed by atoms with van der Waals surface area (Å²) in [5, 5.41) is 26.3. The molecule has 8 heteroatoms. The molecule has 0 spiro atoms. The summed E-state index contributed by atoms with van der Waals surface area (Å²) < 4.78 is 5.43. The Morgan fingerprint density at radius 2 is 1.65 bits per heavy atom. The van der Waals surface area contributed by atoms with E-state index in [1.807, 2.05) is 19.9 Å². The third-order valence-electron chi connectivity index (χ3n) is 14.0. The lowest BCUT2D eigenvalue weighted by Gasteiger charge is -2.71. The molecular weight excluding hydrogens is 542 g/mol. The van der Waals surface area contributed by atoms with Crippen LogP contribution in [0.25, 0.3) is 0 Å². The van der Waals surface area contributed by atoms with Gasteiger partial charge in [0.05, 0.1) is 18.8 Å². The molecule has 2 N–H and O–H groups in total. The van der Waals surface area contributed by atoms with Crippen LogP contribution in [0.5, 0.6) is 0 Å². The number of carbonyl (C=O) groups is 3. The Bertz CT molecular complexity index is 1390. The van der Waals surface area contributed by atoms with Gasteiger partial charge in [-0.3, -0.25) is 9.59 Å². The molecule has 1 heterocycles. The molecule has 0 aromatic rings. The quantitative estimate of drug-likeness (QED) is 0.437. The normalized spacial score (nSPS) is 47.1. The van der Waals surface area contributed by atoms with Gasteiger partial charge >= 0.3 is 6.03 Å². The highest BCUT2D eigenvalue weighted by Crippen LogP contribution is 2.75. The van der Waals surface area contributed by atoms with Gasteiger partial charge in [0.25, 0.3) is 0 Å². The molecule has 1 aliphatic heterocycles. The van der Waals surface area contributed by atoms with E-state index in [4.69, 9.17) is 4.74 Å². The van der Waals surface area contributed by atoms with Crippen molar-refractivity contribution in [3.63, 3.8) is 0 Å². The van der Waals surface area contributed by atoms with Crippen LogP contribution in [0.15, 0.2) is 23.3 Å². The number of Topliss-reactive ketones (excluding diaryl/α,β-unsaturated/α-hetero) is 1. The number of nitriles is 1. The highest BCUT2D eigenvalue weighted by Gasteiger charge is 2.75. The molecule has 6 rings (SSSR count). The summed E-state index contributed by atoms with van der Waals surface area (Å²) in [6, 6.07) is 2.05. The number of hydrogen-bond donors (Lipinski definition) is 2. The van der Waals surface area contributed by atoms with Crippen molar-refractivity contribution in [2.75, 3.05) is 26.3 Å². The predicted octanol–water partition coefficient (Wildman–Crippen LogP) is 5.12. The summed E-state index contributed by atoms with van der Waals surface area (Å²) in [5.41, 5.74) is -3.91. The van der Waals surface area contributed by atoms with E-state index in [0.29, 0.717) is 39.1 Å². The van der Waals surface area contributed by atoms with Gasteiger partial charge in [0, 0.05) is 40.8 Å². The maximum absolute atomic E-state index is 14.6. The molecule has 0 aromatic carbocycles. The second kappa shape index (κ2) is 9.26. The first kappa shape index (κ1) is 30.5. The first-order chi connectivity index (χ1) is 19.9. The lowest BCUT2D eigenvalue weighted by molar-refractivity contribution is -0.240. The number of hydrogen-bond acceptors (Lipinski definition) is 6. The number of rotatable bonds is 1. The number of nitrogens with one attached hydrogen (secondary N) is 1. The van der Waals surface area contributed by atoms with Gasteiger partial charge in [-0.25, -0.2) is 4.79 Å². The highest BCUT2D eigenvalue weighted by atomic mass is 16.5. The highest BCUT2D eigenvalue weighted by molar-refractivity contribution is 6.05. The number of ketones is 2. The van der Waals surface area contributed by atoms with Gasteiger partial charge in [-0.15, -0.1) is 0 Å². The SMILES string of the molecule is CC1(C)C(=O)C(C#N)=C[C@]2(C)C3=CC(=O)[C@]4(O)[C@@H]5C[C@@](C)(NC(=O)N6CCOCC6)CC[C@]5(C)CC[C@@]4(C)[C@]3(C)CC[C@@H]12. The van der Waals surface area contributed by atoms with Gasteiger partial charge in [-0.1, -0.05) is 47.6 Å². The monoisotopic (exact) mass is 591 g/mol. The minimum absolute atomic E-state index is 0.0475. The van der Waals surface area contributed by atoms with Crippen molar-refractivity contribution < 1.29 is 24.2 Å². The number of urea groups is 1. The Kier molecular flexibility index (Phi) is 6.58. The third-order valence-corrected chi connectivity index (χ3v) is 14.0. The van der Waals surface area contributed by atoms with Crippen molar-refractivity contribution in [3.8, 4) is 6.07 Å². The zero-order valence-corrected chi connectivity index (χ0v) is 27.1. The van der Waals surface area contributed by atoms with E-state index < -0.39 is 32.8 Å². The summed E-state index contributed by atoms with van der Waals surface area (Å²) in [5.74, 6) is -0.760. The van der Waals surface area contributed by atoms with Crippen molar-refractivity contribution in [1.29, 1.82) is 5.26 Å². The zero-order chi connectivity index (χ0) is 31.4. The number of carbonyl (C=O) groups excluding carboxylic acids is 3. The number of nitrogens with zero attached hydrogens (tertiary/aromatic N) is 2. The molecule has 8 nitrogen and oxygen atoms in total. The van der Waals surface area contributed by atoms with Gasteiger partial charge in [0.2, 0.25) is 0 Å². The Hall–Kier alpha value is -2.50. The molecule has 0 bridgehead atoms. The topological polar surface area (TPSA) is 120 Å². The van der Waals surface area contributed by atoms with Crippen LogP contribution in [-0.4, -0.2) is 65.0 Å². The second-order valence-corrected chi connectivity index (χ2v) is 16.4. The van der Waals surface area contributed by atoms with E-state index >= 15 is 0 Å². The maximum Gasteiger partial charge on any atom is 0.317 e. The number of aliphatic hydroxyl groups is 1. The number of allylic oxidation sites excluding steroid dienone is 3. The average molecular weight is 592 g/mol. The molecule has 2 amide bonds.